The van der Waals surface area contributed by atoms with Crippen molar-refractivity contribution >= 4 is 28.8 Å². The highest BCUT2D eigenvalue weighted by Gasteiger charge is 2.25. The molecule has 9 heteroatoms. The number of para-hydroxylation sites is 2. The molecule has 0 unspecified atom stereocenters. The first-order valence-electron chi connectivity index (χ1n) is 8.23. The molecule has 0 fully saturated rings. The van der Waals surface area contributed by atoms with E-state index in [9.17, 15) is 4.79 Å². The van der Waals surface area contributed by atoms with Crippen LogP contribution in [0.25, 0.3) is 11.0 Å². The number of carbonyl (C=O) groups excluding carboxylic acids is 1. The first-order chi connectivity index (χ1) is 13.1. The molecule has 4 rings (SSSR count). The summed E-state index contributed by atoms with van der Waals surface area (Å²) < 4.78 is 12.7. The molecule has 0 saturated heterocycles. The van der Waals surface area contributed by atoms with Crippen molar-refractivity contribution in [2.75, 3.05) is 19.0 Å². The van der Waals surface area contributed by atoms with Gasteiger partial charge in [0.2, 0.25) is 5.95 Å². The molecule has 1 aliphatic heterocycles. The van der Waals surface area contributed by atoms with Gasteiger partial charge in [-0.15, -0.1) is 0 Å². The van der Waals surface area contributed by atoms with E-state index >= 15 is 0 Å². The molecule has 0 saturated carbocycles. The Morgan fingerprint density at radius 3 is 2.85 bits per heavy atom. The van der Waals surface area contributed by atoms with Crippen molar-refractivity contribution in [1.82, 2.24) is 9.55 Å². The van der Waals surface area contributed by atoms with Crippen molar-refractivity contribution < 1.29 is 14.3 Å². The Labute approximate surface area is 154 Å². The number of benzene rings is 2. The number of imidazole rings is 1. The summed E-state index contributed by atoms with van der Waals surface area (Å²) in [5.74, 6) is 1.21. The van der Waals surface area contributed by atoms with Crippen molar-refractivity contribution in [3.05, 3.63) is 48.0 Å². The number of guanidine groups is 1. The summed E-state index contributed by atoms with van der Waals surface area (Å²) in [6.45, 7) is -0.232. The van der Waals surface area contributed by atoms with Crippen LogP contribution in [0.15, 0.2) is 47.5 Å². The number of fused-ring (bicyclic) bond motifs is 3. The Hall–Kier alpha value is -3.75. The summed E-state index contributed by atoms with van der Waals surface area (Å²) in [5, 5.41) is 2.99. The number of primary amides is 1. The van der Waals surface area contributed by atoms with Crippen molar-refractivity contribution in [2.45, 2.75) is 6.17 Å². The Morgan fingerprint density at radius 2 is 2.07 bits per heavy atom. The van der Waals surface area contributed by atoms with Crippen LogP contribution in [-0.2, 0) is 4.79 Å². The highest BCUT2D eigenvalue weighted by Crippen LogP contribution is 2.36. The quantitative estimate of drug-likeness (QED) is 0.622. The average molecular weight is 366 g/mol. The minimum absolute atomic E-state index is 0.232. The van der Waals surface area contributed by atoms with E-state index in [0.717, 1.165) is 16.6 Å². The number of anilines is 1. The van der Waals surface area contributed by atoms with Gasteiger partial charge in [0, 0.05) is 5.56 Å². The van der Waals surface area contributed by atoms with Crippen molar-refractivity contribution in [3.63, 3.8) is 0 Å². The maximum atomic E-state index is 11.0. The van der Waals surface area contributed by atoms with Crippen LogP contribution in [-0.4, -0.2) is 35.1 Å². The molecule has 1 aromatic heterocycles. The van der Waals surface area contributed by atoms with Crippen LogP contribution in [0.3, 0.4) is 0 Å². The maximum Gasteiger partial charge on any atom is 0.255 e. The highest BCUT2D eigenvalue weighted by atomic mass is 16.5. The molecule has 3 aromatic rings. The highest BCUT2D eigenvalue weighted by molar-refractivity contribution is 5.94. The predicted octanol–water partition coefficient (Wildman–Crippen LogP) is 1.20. The second kappa shape index (κ2) is 6.52. The number of rotatable bonds is 5. The zero-order valence-corrected chi connectivity index (χ0v) is 14.5. The van der Waals surface area contributed by atoms with Crippen molar-refractivity contribution in [3.8, 4) is 11.5 Å². The van der Waals surface area contributed by atoms with Gasteiger partial charge in [-0.25, -0.2) is 9.98 Å². The molecule has 0 aliphatic carbocycles. The minimum atomic E-state index is -0.564. The first kappa shape index (κ1) is 16.7. The van der Waals surface area contributed by atoms with E-state index in [2.05, 4.69) is 15.3 Å². The van der Waals surface area contributed by atoms with E-state index in [1.165, 1.54) is 7.11 Å². The van der Waals surface area contributed by atoms with Gasteiger partial charge in [-0.1, -0.05) is 18.2 Å². The third-order valence-corrected chi connectivity index (χ3v) is 4.20. The van der Waals surface area contributed by atoms with Gasteiger partial charge in [0.15, 0.2) is 30.2 Å². The van der Waals surface area contributed by atoms with Gasteiger partial charge in [-0.2, -0.15) is 0 Å². The topological polar surface area (TPSA) is 130 Å². The molecule has 1 amide bonds. The van der Waals surface area contributed by atoms with Crippen LogP contribution in [0.5, 0.6) is 11.5 Å². The van der Waals surface area contributed by atoms with E-state index in [1.807, 2.05) is 34.9 Å². The summed E-state index contributed by atoms with van der Waals surface area (Å²) in [6.07, 6.45) is -0.423. The lowest BCUT2D eigenvalue weighted by atomic mass is 10.1. The molecule has 0 spiro atoms. The predicted molar refractivity (Wildman–Crippen MR) is 101 cm³/mol. The van der Waals surface area contributed by atoms with Gasteiger partial charge >= 0.3 is 0 Å². The van der Waals surface area contributed by atoms with Gasteiger partial charge in [-0.3, -0.25) is 14.7 Å². The van der Waals surface area contributed by atoms with E-state index in [1.54, 1.807) is 12.1 Å². The molecule has 5 N–H and O–H groups in total. The molecular formula is C18H18N6O3. The summed E-state index contributed by atoms with van der Waals surface area (Å²) in [4.78, 5) is 20.1. The van der Waals surface area contributed by atoms with Crippen LogP contribution in [0.2, 0.25) is 0 Å². The lowest BCUT2D eigenvalue weighted by Gasteiger charge is -2.24. The van der Waals surface area contributed by atoms with Gasteiger partial charge in [-0.05, 0) is 24.3 Å². The van der Waals surface area contributed by atoms with Crippen molar-refractivity contribution in [2.24, 2.45) is 16.5 Å². The van der Waals surface area contributed by atoms with Crippen molar-refractivity contribution in [1.29, 1.82) is 0 Å². The zero-order chi connectivity index (χ0) is 19.0. The number of nitrogens with zero attached hydrogens (tertiary/aromatic N) is 3. The third-order valence-electron chi connectivity index (χ3n) is 4.20. The number of aromatic nitrogens is 2. The normalized spacial score (nSPS) is 15.6. The van der Waals surface area contributed by atoms with Gasteiger partial charge in [0.05, 0.1) is 18.1 Å². The summed E-state index contributed by atoms with van der Waals surface area (Å²) >= 11 is 0. The number of ether oxygens (including phenoxy) is 2. The Bertz CT molecular complexity index is 1060. The molecule has 1 aliphatic rings. The first-order valence-corrected chi connectivity index (χ1v) is 8.23. The Morgan fingerprint density at radius 1 is 1.26 bits per heavy atom. The number of hydrogen-bond acceptors (Lipinski definition) is 7. The fraction of sp³-hybridized carbons (Fsp3) is 0.167. The summed E-state index contributed by atoms with van der Waals surface area (Å²) in [6, 6.07) is 13.1. The van der Waals surface area contributed by atoms with Gasteiger partial charge in [0.25, 0.3) is 5.91 Å². The number of carbonyl (C=O) groups is 1. The molecule has 9 nitrogen and oxygen atoms in total. The minimum Gasteiger partial charge on any atom is -0.493 e. The van der Waals surface area contributed by atoms with E-state index in [-0.39, 0.29) is 12.6 Å². The standard InChI is InChI=1S/C18H18N6O3/c1-26-14-8-10(6-7-13(14)27-9-15(19)25)16-22-17(20)23-18-21-11-4-2-3-5-12(11)24(16)18/h2-8,16H,9H2,1H3,(H2,19,25)(H3,20,21,22,23)/t16-/m1/s1. The fourth-order valence-electron chi connectivity index (χ4n) is 3.05. The maximum absolute atomic E-state index is 11.0. The van der Waals surface area contributed by atoms with Crippen LogP contribution < -0.4 is 26.3 Å². The van der Waals surface area contributed by atoms with E-state index in [4.69, 9.17) is 20.9 Å². The number of aliphatic imine (C=N–C) groups is 1. The Balaban J connectivity index is 1.79. The van der Waals surface area contributed by atoms with Gasteiger partial charge < -0.3 is 20.9 Å². The fourth-order valence-corrected chi connectivity index (χ4v) is 3.05. The van der Waals surface area contributed by atoms with Crippen LogP contribution >= 0.6 is 0 Å². The van der Waals surface area contributed by atoms with Gasteiger partial charge in [0.1, 0.15) is 0 Å². The summed E-state index contributed by atoms with van der Waals surface area (Å²) in [7, 11) is 1.52. The molecule has 2 aromatic carbocycles. The second-order valence-electron chi connectivity index (χ2n) is 5.97. The number of nitrogens with one attached hydrogen (secondary N) is 1. The van der Waals surface area contributed by atoms with Crippen LogP contribution in [0.4, 0.5) is 5.95 Å². The van der Waals surface area contributed by atoms with Crippen LogP contribution in [0, 0.1) is 0 Å². The third kappa shape index (κ3) is 2.99. The molecular weight excluding hydrogens is 348 g/mol. The number of methoxy groups -OCH3 is 1. The smallest absolute Gasteiger partial charge is 0.255 e. The molecule has 0 radical (unpaired) electrons. The monoisotopic (exact) mass is 366 g/mol. The number of amides is 1. The molecule has 0 bridgehead atoms. The van der Waals surface area contributed by atoms with E-state index in [0.29, 0.717) is 17.4 Å². The average Bonchev–Trinajstić information content (AvgIpc) is 3.03. The molecule has 1 atom stereocenters. The largest absolute Gasteiger partial charge is 0.493 e. The molecule has 138 valence electrons. The second-order valence-corrected chi connectivity index (χ2v) is 5.97. The molecule has 2 heterocycles. The Kier molecular flexibility index (Phi) is 4.03. The number of hydrogen-bond donors (Lipinski definition) is 3. The lowest BCUT2D eigenvalue weighted by molar-refractivity contribution is -0.119. The molecule has 27 heavy (non-hydrogen) atoms. The van der Waals surface area contributed by atoms with E-state index < -0.39 is 12.1 Å². The summed E-state index contributed by atoms with van der Waals surface area (Å²) in [5.41, 5.74) is 13.7. The number of nitrogens with two attached hydrogens (primary N) is 2. The SMILES string of the molecule is COc1cc([C@@H]2N=C(N)Nc3nc4ccccc4n32)ccc1OCC(N)=O. The van der Waals surface area contributed by atoms with Crippen LogP contribution in [0.1, 0.15) is 11.7 Å². The zero-order valence-electron chi connectivity index (χ0n) is 14.5. The lowest BCUT2D eigenvalue weighted by Crippen LogP contribution is -2.31.